The highest BCUT2D eigenvalue weighted by molar-refractivity contribution is 7.85. The van der Waals surface area contributed by atoms with Gasteiger partial charge in [0.2, 0.25) is 0 Å². The maximum atomic E-state index is 11.1. The van der Waals surface area contributed by atoms with Gasteiger partial charge in [0.05, 0.1) is 6.42 Å². The van der Waals surface area contributed by atoms with E-state index in [0.717, 1.165) is 28.2 Å². The number of ether oxygens (including phenoxy) is 2. The molecule has 0 fully saturated rings. The quantitative estimate of drug-likeness (QED) is 0.176. The lowest BCUT2D eigenvalue weighted by Gasteiger charge is -2.10. The monoisotopic (exact) mass is 493 g/mol. The molecule has 3 aromatic rings. The van der Waals surface area contributed by atoms with Crippen molar-refractivity contribution in [3.05, 3.63) is 95.6 Å². The molecule has 182 valence electrons. The Morgan fingerprint density at radius 1 is 0.943 bits per heavy atom. The first-order chi connectivity index (χ1) is 17.1. The van der Waals surface area contributed by atoms with Gasteiger partial charge in [0.15, 0.2) is 0 Å². The highest BCUT2D eigenvalue weighted by Crippen LogP contribution is 2.18. The van der Waals surface area contributed by atoms with Crippen molar-refractivity contribution in [1.29, 1.82) is 5.26 Å². The molecule has 0 aliphatic rings. The molecule has 0 heterocycles. The van der Waals surface area contributed by atoms with Crippen molar-refractivity contribution in [2.24, 2.45) is 11.1 Å². The summed E-state index contributed by atoms with van der Waals surface area (Å²) >= 11 is 3.09. The summed E-state index contributed by atoms with van der Waals surface area (Å²) in [7, 11) is 1.52. The topological polar surface area (TPSA) is 116 Å². The van der Waals surface area contributed by atoms with Crippen LogP contribution in [0.2, 0.25) is 0 Å². The Bertz CT molecular complexity index is 1100. The number of aryl methyl sites for hydroxylation is 1. The number of nitrogens with zero attached hydrogens (tertiary/aromatic N) is 2. The molecular weight excluding hydrogens is 466 g/mol. The Morgan fingerprint density at radius 3 is 2.09 bits per heavy atom. The van der Waals surface area contributed by atoms with Gasteiger partial charge in [0, 0.05) is 5.56 Å². The number of thiocyanates is 1. The SMILES string of the molecule is CO/N=C(\COc1ccc(COc2ccc(CCC(=O)ON)cc2)cc1)c1ccccc1.N#CS. The second kappa shape index (κ2) is 15.8. The van der Waals surface area contributed by atoms with Crippen LogP contribution in [0.5, 0.6) is 11.5 Å². The fourth-order valence-electron chi connectivity index (χ4n) is 2.96. The number of carbonyl (C=O) groups is 1. The van der Waals surface area contributed by atoms with E-state index in [-0.39, 0.29) is 6.42 Å². The highest BCUT2D eigenvalue weighted by Gasteiger charge is 2.06. The minimum absolute atomic E-state index is 0.245. The van der Waals surface area contributed by atoms with Crippen LogP contribution in [0.1, 0.15) is 23.1 Å². The number of rotatable bonds is 11. The molecule has 9 heteroatoms. The Hall–Kier alpha value is -4.00. The first-order valence-corrected chi connectivity index (χ1v) is 11.1. The van der Waals surface area contributed by atoms with Crippen molar-refractivity contribution < 1.29 is 23.9 Å². The Labute approximate surface area is 210 Å². The molecule has 0 spiro atoms. The summed E-state index contributed by atoms with van der Waals surface area (Å²) < 4.78 is 11.7. The van der Waals surface area contributed by atoms with E-state index in [2.05, 4.69) is 22.6 Å². The maximum absolute atomic E-state index is 11.1. The van der Waals surface area contributed by atoms with Crippen LogP contribution in [-0.2, 0) is 27.5 Å². The summed E-state index contributed by atoms with van der Waals surface area (Å²) in [5.74, 6) is 5.89. The summed E-state index contributed by atoms with van der Waals surface area (Å²) in [6.07, 6.45) is 0.814. The van der Waals surface area contributed by atoms with Gasteiger partial charge >= 0.3 is 5.97 Å². The molecule has 0 unspecified atom stereocenters. The van der Waals surface area contributed by atoms with Crippen LogP contribution in [0.4, 0.5) is 0 Å². The van der Waals surface area contributed by atoms with Gasteiger partial charge in [0.25, 0.3) is 0 Å². The summed E-state index contributed by atoms with van der Waals surface area (Å²) in [6.45, 7) is 0.725. The first-order valence-electron chi connectivity index (χ1n) is 10.6. The van der Waals surface area contributed by atoms with Crippen molar-refractivity contribution in [3.63, 3.8) is 0 Å². The van der Waals surface area contributed by atoms with Crippen molar-refractivity contribution in [2.45, 2.75) is 19.4 Å². The van der Waals surface area contributed by atoms with Crippen LogP contribution in [0.3, 0.4) is 0 Å². The van der Waals surface area contributed by atoms with E-state index >= 15 is 0 Å². The van der Waals surface area contributed by atoms with Crippen molar-refractivity contribution in [1.82, 2.24) is 0 Å². The number of benzene rings is 3. The van der Waals surface area contributed by atoms with Crippen LogP contribution < -0.4 is 15.4 Å². The standard InChI is InChI=1S/C25H26N2O5.CHNS/c1-29-27-24(21-5-3-2-4-6-21)18-31-23-14-9-20(10-15-23)17-30-22-12-7-19(8-13-22)11-16-25(28)32-26;2-1-3/h2-10,12-15H,11,16-18,26H2,1H3;3H/b27-24+;. The van der Waals surface area contributed by atoms with Gasteiger partial charge in [-0.3, -0.25) is 4.79 Å². The molecule has 0 aliphatic heterocycles. The average molecular weight is 494 g/mol. The predicted molar refractivity (Wildman–Crippen MR) is 136 cm³/mol. The zero-order chi connectivity index (χ0) is 25.3. The van der Waals surface area contributed by atoms with Crippen LogP contribution in [0.15, 0.2) is 84.0 Å². The lowest BCUT2D eigenvalue weighted by Crippen LogP contribution is -2.13. The normalized spacial score (nSPS) is 10.3. The molecule has 3 rings (SSSR count). The minimum atomic E-state index is -0.431. The van der Waals surface area contributed by atoms with Gasteiger partial charge in [-0.15, -0.1) is 0 Å². The Balaban J connectivity index is 0.00000137. The second-order valence-electron chi connectivity index (χ2n) is 7.04. The molecule has 0 saturated carbocycles. The van der Waals surface area contributed by atoms with E-state index in [0.29, 0.717) is 25.3 Å². The van der Waals surface area contributed by atoms with E-state index in [1.807, 2.05) is 78.9 Å². The van der Waals surface area contributed by atoms with E-state index in [4.69, 9.17) is 25.5 Å². The van der Waals surface area contributed by atoms with E-state index in [9.17, 15) is 4.79 Å². The molecule has 8 nitrogen and oxygen atoms in total. The molecule has 35 heavy (non-hydrogen) atoms. The van der Waals surface area contributed by atoms with Crippen molar-refractivity contribution in [3.8, 4) is 16.9 Å². The molecule has 0 aromatic heterocycles. The Kier molecular flexibility index (Phi) is 12.3. The highest BCUT2D eigenvalue weighted by atomic mass is 32.1. The predicted octanol–water partition coefficient (Wildman–Crippen LogP) is 4.44. The van der Waals surface area contributed by atoms with Gasteiger partial charge in [-0.2, -0.15) is 11.2 Å². The second-order valence-corrected chi connectivity index (χ2v) is 7.24. The van der Waals surface area contributed by atoms with E-state index < -0.39 is 5.97 Å². The summed E-state index contributed by atoms with van der Waals surface area (Å²) in [4.78, 5) is 20.2. The fraction of sp³-hybridized carbons (Fsp3) is 0.192. The summed E-state index contributed by atoms with van der Waals surface area (Å²) in [5.41, 5.74) is 3.69. The van der Waals surface area contributed by atoms with Crippen LogP contribution in [0, 0.1) is 10.7 Å². The number of thiol groups is 1. The molecule has 0 radical (unpaired) electrons. The third-order valence-corrected chi connectivity index (χ3v) is 4.69. The van der Waals surface area contributed by atoms with Gasteiger partial charge in [-0.25, -0.2) is 0 Å². The summed E-state index contributed by atoms with van der Waals surface area (Å²) in [6, 6.07) is 25.1. The zero-order valence-electron chi connectivity index (χ0n) is 19.3. The third kappa shape index (κ3) is 10.2. The minimum Gasteiger partial charge on any atom is -0.489 e. The molecule has 3 aromatic carbocycles. The molecule has 0 bridgehead atoms. The molecular formula is C26H27N3O5S. The number of hydrogen-bond donors (Lipinski definition) is 2. The molecule has 0 amide bonds. The average Bonchev–Trinajstić information content (AvgIpc) is 2.90. The largest absolute Gasteiger partial charge is 0.489 e. The van der Waals surface area contributed by atoms with Crippen molar-refractivity contribution in [2.75, 3.05) is 13.7 Å². The number of carbonyl (C=O) groups excluding carboxylic acids is 1. The van der Waals surface area contributed by atoms with Crippen LogP contribution in [0.25, 0.3) is 0 Å². The van der Waals surface area contributed by atoms with Gasteiger partial charge in [-0.1, -0.05) is 72.4 Å². The van der Waals surface area contributed by atoms with Gasteiger partial charge < -0.3 is 19.1 Å². The third-order valence-electron chi connectivity index (χ3n) is 4.69. The Morgan fingerprint density at radius 2 is 1.51 bits per heavy atom. The number of oxime groups is 1. The van der Waals surface area contributed by atoms with Crippen molar-refractivity contribution >= 4 is 24.3 Å². The molecule has 0 aliphatic carbocycles. The number of hydrogen-bond acceptors (Lipinski definition) is 9. The summed E-state index contributed by atoms with van der Waals surface area (Å²) in [5, 5.41) is 12.7. The van der Waals surface area contributed by atoms with E-state index in [1.54, 1.807) is 0 Å². The van der Waals surface area contributed by atoms with Gasteiger partial charge in [-0.05, 0) is 41.8 Å². The van der Waals surface area contributed by atoms with Crippen LogP contribution in [-0.4, -0.2) is 25.4 Å². The van der Waals surface area contributed by atoms with Gasteiger partial charge in [0.1, 0.15) is 42.9 Å². The fourth-order valence-corrected chi connectivity index (χ4v) is 2.96. The van der Waals surface area contributed by atoms with Crippen LogP contribution >= 0.6 is 12.6 Å². The zero-order valence-corrected chi connectivity index (χ0v) is 20.2. The molecule has 0 atom stereocenters. The van der Waals surface area contributed by atoms with E-state index in [1.165, 1.54) is 12.5 Å². The first kappa shape index (κ1) is 27.2. The lowest BCUT2D eigenvalue weighted by atomic mass is 10.1. The number of nitriles is 1. The molecule has 0 saturated heterocycles. The smallest absolute Gasteiger partial charge is 0.324 e. The molecule has 2 N–H and O–H groups in total. The number of nitrogens with two attached hydrogens (primary N) is 1. The lowest BCUT2D eigenvalue weighted by molar-refractivity contribution is -0.144. The maximum Gasteiger partial charge on any atom is 0.324 e.